The first kappa shape index (κ1) is 13.7. The molecular weight excluding hydrogens is 337 g/mol. The predicted octanol–water partition coefficient (Wildman–Crippen LogP) is 3.93. The largest absolute Gasteiger partial charge is 0.402 e. The van der Waals surface area contributed by atoms with Crippen molar-refractivity contribution in [3.05, 3.63) is 75.6 Å². The van der Waals surface area contributed by atoms with Gasteiger partial charge in [0.05, 0.1) is 5.56 Å². The molecule has 0 aromatic heterocycles. The summed E-state index contributed by atoms with van der Waals surface area (Å²) < 4.78 is 19.6. The van der Waals surface area contributed by atoms with Crippen LogP contribution in [-0.2, 0) is 9.53 Å². The number of halogens is 2. The molecule has 21 heavy (non-hydrogen) atoms. The van der Waals surface area contributed by atoms with Gasteiger partial charge in [0.15, 0.2) is 5.70 Å². The first-order valence-corrected chi connectivity index (χ1v) is 6.96. The number of rotatable bonds is 2. The first-order chi connectivity index (χ1) is 10.1. The highest BCUT2D eigenvalue weighted by Gasteiger charge is 2.25. The van der Waals surface area contributed by atoms with Gasteiger partial charge < -0.3 is 4.74 Å². The zero-order valence-electron chi connectivity index (χ0n) is 10.7. The molecule has 5 heteroatoms. The second-order valence-corrected chi connectivity index (χ2v) is 5.19. The monoisotopic (exact) mass is 345 g/mol. The average Bonchev–Trinajstić information content (AvgIpc) is 2.83. The number of esters is 1. The molecule has 0 saturated carbocycles. The third-order valence-electron chi connectivity index (χ3n) is 2.92. The van der Waals surface area contributed by atoms with Crippen LogP contribution in [0.5, 0.6) is 0 Å². The molecule has 2 aromatic rings. The highest BCUT2D eigenvalue weighted by Crippen LogP contribution is 2.23. The zero-order chi connectivity index (χ0) is 14.8. The van der Waals surface area contributed by atoms with E-state index in [0.717, 1.165) is 10.0 Å². The van der Waals surface area contributed by atoms with Crippen LogP contribution in [0.1, 0.15) is 11.1 Å². The van der Waals surface area contributed by atoms with E-state index in [9.17, 15) is 9.18 Å². The van der Waals surface area contributed by atoms with Gasteiger partial charge in [-0.25, -0.2) is 14.2 Å². The minimum absolute atomic E-state index is 0.0172. The van der Waals surface area contributed by atoms with Crippen LogP contribution >= 0.6 is 15.9 Å². The second-order valence-electron chi connectivity index (χ2n) is 4.34. The lowest BCUT2D eigenvalue weighted by atomic mass is 10.2. The van der Waals surface area contributed by atoms with Crippen LogP contribution in [0.2, 0.25) is 0 Å². The Bertz CT molecular complexity index is 783. The molecule has 1 heterocycles. The van der Waals surface area contributed by atoms with Gasteiger partial charge in [0.1, 0.15) is 5.82 Å². The predicted molar refractivity (Wildman–Crippen MR) is 81.1 cm³/mol. The van der Waals surface area contributed by atoms with E-state index >= 15 is 0 Å². The van der Waals surface area contributed by atoms with Crippen molar-refractivity contribution >= 4 is 33.9 Å². The van der Waals surface area contributed by atoms with E-state index in [1.165, 1.54) is 12.1 Å². The summed E-state index contributed by atoms with van der Waals surface area (Å²) in [5.74, 6) is -1.09. The van der Waals surface area contributed by atoms with Gasteiger partial charge in [0.25, 0.3) is 0 Å². The highest BCUT2D eigenvalue weighted by atomic mass is 79.9. The Labute approximate surface area is 128 Å². The minimum Gasteiger partial charge on any atom is -0.402 e. The Morgan fingerprint density at radius 3 is 2.57 bits per heavy atom. The molecule has 0 unspecified atom stereocenters. The fourth-order valence-corrected chi connectivity index (χ4v) is 2.30. The fourth-order valence-electron chi connectivity index (χ4n) is 1.90. The number of benzene rings is 2. The topological polar surface area (TPSA) is 38.7 Å². The molecule has 0 amide bonds. The maximum atomic E-state index is 13.7. The Balaban J connectivity index is 2.00. The summed E-state index contributed by atoms with van der Waals surface area (Å²) in [5, 5.41) is 0. The molecule has 3 nitrogen and oxygen atoms in total. The molecule has 0 spiro atoms. The van der Waals surface area contributed by atoms with E-state index in [4.69, 9.17) is 4.74 Å². The summed E-state index contributed by atoms with van der Waals surface area (Å²) in [6.45, 7) is 0. The molecule has 0 atom stereocenters. The molecule has 0 saturated heterocycles. The van der Waals surface area contributed by atoms with E-state index in [0.29, 0.717) is 0 Å². The van der Waals surface area contributed by atoms with E-state index in [2.05, 4.69) is 20.9 Å². The maximum absolute atomic E-state index is 13.7. The highest BCUT2D eigenvalue weighted by molar-refractivity contribution is 9.10. The third-order valence-corrected chi connectivity index (χ3v) is 3.64. The van der Waals surface area contributed by atoms with Gasteiger partial charge in [0.2, 0.25) is 5.90 Å². The molecule has 0 N–H and O–H groups in total. The summed E-state index contributed by atoms with van der Waals surface area (Å²) in [6.07, 6.45) is 1.60. The number of carbonyl (C=O) groups is 1. The van der Waals surface area contributed by atoms with Crippen molar-refractivity contribution in [2.75, 3.05) is 0 Å². The number of cyclic esters (lactones) is 1. The zero-order valence-corrected chi connectivity index (χ0v) is 12.3. The Kier molecular flexibility index (Phi) is 3.66. The SMILES string of the molecule is O=C1OC(c2ccccc2F)=N/C1=C/c1ccccc1Br. The van der Waals surface area contributed by atoms with Gasteiger partial charge in [-0.2, -0.15) is 0 Å². The summed E-state index contributed by atoms with van der Waals surface area (Å²) in [7, 11) is 0. The van der Waals surface area contributed by atoms with Crippen molar-refractivity contribution in [1.82, 2.24) is 0 Å². The van der Waals surface area contributed by atoms with Crippen LogP contribution in [-0.4, -0.2) is 11.9 Å². The lowest BCUT2D eigenvalue weighted by Crippen LogP contribution is -2.07. The summed E-state index contributed by atoms with van der Waals surface area (Å²) >= 11 is 3.39. The van der Waals surface area contributed by atoms with E-state index in [-0.39, 0.29) is 17.2 Å². The molecule has 1 aliphatic rings. The van der Waals surface area contributed by atoms with Gasteiger partial charge in [0, 0.05) is 4.47 Å². The molecule has 104 valence electrons. The van der Waals surface area contributed by atoms with Crippen molar-refractivity contribution in [3.63, 3.8) is 0 Å². The normalized spacial score (nSPS) is 16.0. The Morgan fingerprint density at radius 1 is 1.10 bits per heavy atom. The number of carbonyl (C=O) groups excluding carboxylic acids is 1. The lowest BCUT2D eigenvalue weighted by Gasteiger charge is -1.99. The summed E-state index contributed by atoms with van der Waals surface area (Å²) in [6, 6.07) is 13.4. The molecule has 1 aliphatic heterocycles. The van der Waals surface area contributed by atoms with Crippen LogP contribution in [0.25, 0.3) is 6.08 Å². The molecule has 0 fully saturated rings. The van der Waals surface area contributed by atoms with Crippen molar-refractivity contribution < 1.29 is 13.9 Å². The Morgan fingerprint density at radius 2 is 1.81 bits per heavy atom. The van der Waals surface area contributed by atoms with Crippen molar-refractivity contribution in [3.8, 4) is 0 Å². The Hall–Kier alpha value is -2.27. The average molecular weight is 346 g/mol. The summed E-state index contributed by atoms with van der Waals surface area (Å²) in [5.41, 5.74) is 1.10. The van der Waals surface area contributed by atoms with E-state index in [1.54, 1.807) is 18.2 Å². The van der Waals surface area contributed by atoms with Crippen LogP contribution in [0.3, 0.4) is 0 Å². The van der Waals surface area contributed by atoms with Gasteiger partial charge in [-0.1, -0.05) is 46.3 Å². The molecule has 3 rings (SSSR count). The minimum atomic E-state index is -0.594. The lowest BCUT2D eigenvalue weighted by molar-refractivity contribution is -0.129. The van der Waals surface area contributed by atoms with Crippen LogP contribution < -0.4 is 0 Å². The van der Waals surface area contributed by atoms with Gasteiger partial charge >= 0.3 is 5.97 Å². The standard InChI is InChI=1S/C16H9BrFNO2/c17-12-7-3-1-5-10(12)9-14-16(20)21-15(19-14)11-6-2-4-8-13(11)18/h1-9H/b14-9+. The van der Waals surface area contributed by atoms with Gasteiger partial charge in [-0.3, -0.25) is 0 Å². The van der Waals surface area contributed by atoms with Crippen molar-refractivity contribution in [2.45, 2.75) is 0 Å². The number of aliphatic imine (C=N–C) groups is 1. The third kappa shape index (κ3) is 2.78. The summed E-state index contributed by atoms with van der Waals surface area (Å²) in [4.78, 5) is 15.9. The number of nitrogens with zero attached hydrogens (tertiary/aromatic N) is 1. The first-order valence-electron chi connectivity index (χ1n) is 6.17. The van der Waals surface area contributed by atoms with Crippen LogP contribution in [0.4, 0.5) is 4.39 Å². The molecule has 0 bridgehead atoms. The number of hydrogen-bond acceptors (Lipinski definition) is 3. The second kappa shape index (κ2) is 5.61. The maximum Gasteiger partial charge on any atom is 0.363 e. The molecule has 0 radical (unpaired) electrons. The van der Waals surface area contributed by atoms with E-state index in [1.807, 2.05) is 24.3 Å². The fraction of sp³-hybridized carbons (Fsp3) is 0. The number of ether oxygens (including phenoxy) is 1. The van der Waals surface area contributed by atoms with Crippen molar-refractivity contribution in [2.24, 2.45) is 4.99 Å². The smallest absolute Gasteiger partial charge is 0.363 e. The molecule has 0 aliphatic carbocycles. The number of hydrogen-bond donors (Lipinski definition) is 0. The van der Waals surface area contributed by atoms with Gasteiger partial charge in [-0.15, -0.1) is 0 Å². The van der Waals surface area contributed by atoms with Crippen molar-refractivity contribution in [1.29, 1.82) is 0 Å². The van der Waals surface area contributed by atoms with E-state index < -0.39 is 11.8 Å². The quantitative estimate of drug-likeness (QED) is 0.610. The van der Waals surface area contributed by atoms with Gasteiger partial charge in [-0.05, 0) is 29.8 Å². The molecular formula is C16H9BrFNO2. The van der Waals surface area contributed by atoms with Crippen LogP contribution in [0.15, 0.2) is 63.7 Å². The van der Waals surface area contributed by atoms with Crippen LogP contribution in [0, 0.1) is 5.82 Å². The molecule has 2 aromatic carbocycles.